The smallest absolute Gasteiger partial charge is 0.399 e. The van der Waals surface area contributed by atoms with Gasteiger partial charge in [0, 0.05) is 9.65 Å². The Balaban J connectivity index is 1.93. The van der Waals surface area contributed by atoms with Crippen LogP contribution in [0.1, 0.15) is 65.2 Å². The van der Waals surface area contributed by atoms with Crippen molar-refractivity contribution in [2.75, 3.05) is 0 Å². The van der Waals surface area contributed by atoms with Crippen LogP contribution in [0.3, 0.4) is 0 Å². The van der Waals surface area contributed by atoms with E-state index < -0.39 is 0 Å². The van der Waals surface area contributed by atoms with Crippen molar-refractivity contribution >= 4 is 23.2 Å². The van der Waals surface area contributed by atoms with Crippen LogP contribution in [-0.4, -0.2) is 18.3 Å². The van der Waals surface area contributed by atoms with Crippen LogP contribution in [-0.2, 0) is 15.7 Å². The molecule has 0 radical (unpaired) electrons. The third kappa shape index (κ3) is 3.47. The molecule has 1 aliphatic heterocycles. The molecule has 0 amide bonds. The van der Waals surface area contributed by atoms with E-state index in [2.05, 4.69) is 46.8 Å². The van der Waals surface area contributed by atoms with Gasteiger partial charge in [0.2, 0.25) is 0 Å². The van der Waals surface area contributed by atoms with E-state index in [1.807, 2.05) is 11.3 Å². The summed E-state index contributed by atoms with van der Waals surface area (Å²) in [5.74, 6) is 0. The van der Waals surface area contributed by atoms with Gasteiger partial charge in [-0.3, -0.25) is 0 Å². The Hall–Kier alpha value is -0.315. The van der Waals surface area contributed by atoms with Gasteiger partial charge in [-0.1, -0.05) is 32.3 Å². The van der Waals surface area contributed by atoms with Gasteiger partial charge in [-0.05, 0) is 46.6 Å². The first kappa shape index (κ1) is 16.1. The lowest BCUT2D eigenvalue weighted by molar-refractivity contribution is 0.00578. The monoisotopic (exact) mass is 294 g/mol. The summed E-state index contributed by atoms with van der Waals surface area (Å²) in [5.41, 5.74) is -0.494. The first-order valence-corrected chi connectivity index (χ1v) is 8.61. The normalized spacial score (nSPS) is 20.6. The van der Waals surface area contributed by atoms with Gasteiger partial charge in [0.25, 0.3) is 0 Å². The number of thiophene rings is 1. The molecular formula is C16H27BO2S. The van der Waals surface area contributed by atoms with Crippen molar-refractivity contribution in [2.24, 2.45) is 0 Å². The molecule has 112 valence electrons. The van der Waals surface area contributed by atoms with E-state index in [0.717, 1.165) is 0 Å². The van der Waals surface area contributed by atoms with Crippen LogP contribution in [0, 0.1) is 0 Å². The van der Waals surface area contributed by atoms with Gasteiger partial charge >= 0.3 is 7.12 Å². The van der Waals surface area contributed by atoms with Crippen molar-refractivity contribution in [1.82, 2.24) is 0 Å². The summed E-state index contributed by atoms with van der Waals surface area (Å²) in [5, 5.41) is 0. The Morgan fingerprint density at radius 2 is 1.65 bits per heavy atom. The summed E-state index contributed by atoms with van der Waals surface area (Å²) in [6.07, 6.45) is 6.45. The second-order valence-corrected chi connectivity index (χ2v) is 7.90. The molecule has 1 aliphatic rings. The molecule has 1 fully saturated rings. The lowest BCUT2D eigenvalue weighted by atomic mass is 9.88. The first-order chi connectivity index (χ1) is 9.36. The first-order valence-electron chi connectivity index (χ1n) is 7.80. The Morgan fingerprint density at radius 1 is 1.00 bits per heavy atom. The third-order valence-electron chi connectivity index (χ3n) is 4.44. The van der Waals surface area contributed by atoms with Crippen LogP contribution in [0.4, 0.5) is 0 Å². The average molecular weight is 294 g/mol. The summed E-state index contributed by atoms with van der Waals surface area (Å²) in [6, 6.07) is 4.40. The number of hydrogen-bond donors (Lipinski definition) is 0. The van der Waals surface area contributed by atoms with E-state index in [1.165, 1.54) is 41.8 Å². The number of rotatable bonds is 6. The predicted octanol–water partition coefficient (Wildman–Crippen LogP) is 4.17. The van der Waals surface area contributed by atoms with E-state index in [9.17, 15) is 0 Å². The van der Waals surface area contributed by atoms with E-state index >= 15 is 0 Å². The van der Waals surface area contributed by atoms with Crippen molar-refractivity contribution in [3.05, 3.63) is 17.0 Å². The van der Waals surface area contributed by atoms with Crippen LogP contribution >= 0.6 is 11.3 Å². The Kier molecular flexibility index (Phi) is 4.98. The molecule has 4 heteroatoms. The molecule has 0 unspecified atom stereocenters. The second kappa shape index (κ2) is 6.21. The molecule has 1 saturated heterocycles. The fourth-order valence-corrected chi connectivity index (χ4v) is 3.35. The number of aryl methyl sites for hydroxylation is 1. The SMILES string of the molecule is CCCCCCc1ccc(B2OC(C)(C)C(C)(C)O2)s1. The molecule has 0 bridgehead atoms. The molecule has 0 spiro atoms. The molecule has 0 atom stereocenters. The summed E-state index contributed by atoms with van der Waals surface area (Å²) in [4.78, 5) is 1.45. The summed E-state index contributed by atoms with van der Waals surface area (Å²) < 4.78 is 13.4. The minimum Gasteiger partial charge on any atom is -0.399 e. The van der Waals surface area contributed by atoms with Crippen LogP contribution in [0.2, 0.25) is 0 Å². The minimum absolute atomic E-state index is 0.200. The molecule has 1 aromatic rings. The molecule has 2 nitrogen and oxygen atoms in total. The molecule has 2 rings (SSSR count). The van der Waals surface area contributed by atoms with E-state index in [4.69, 9.17) is 9.31 Å². The zero-order valence-electron chi connectivity index (χ0n) is 13.5. The fourth-order valence-electron chi connectivity index (χ4n) is 2.34. The Labute approximate surface area is 128 Å². The van der Waals surface area contributed by atoms with Gasteiger partial charge in [0.15, 0.2) is 0 Å². The van der Waals surface area contributed by atoms with Gasteiger partial charge in [-0.2, -0.15) is 0 Å². The van der Waals surface area contributed by atoms with Crippen molar-refractivity contribution in [3.63, 3.8) is 0 Å². The highest BCUT2D eigenvalue weighted by atomic mass is 32.1. The Morgan fingerprint density at radius 3 is 2.25 bits per heavy atom. The lowest BCUT2D eigenvalue weighted by Gasteiger charge is -2.32. The van der Waals surface area contributed by atoms with Gasteiger partial charge in [0.1, 0.15) is 0 Å². The molecular weight excluding hydrogens is 267 g/mol. The topological polar surface area (TPSA) is 18.5 Å². The van der Waals surface area contributed by atoms with Crippen LogP contribution < -0.4 is 4.78 Å². The molecule has 0 N–H and O–H groups in total. The van der Waals surface area contributed by atoms with Crippen LogP contribution in [0.15, 0.2) is 12.1 Å². The highest BCUT2D eigenvalue weighted by molar-refractivity contribution is 7.22. The van der Waals surface area contributed by atoms with Crippen molar-refractivity contribution in [3.8, 4) is 0 Å². The lowest BCUT2D eigenvalue weighted by Crippen LogP contribution is -2.41. The molecule has 2 heterocycles. The average Bonchev–Trinajstić information content (AvgIpc) is 2.89. The summed E-state index contributed by atoms with van der Waals surface area (Å²) in [6.45, 7) is 10.7. The molecule has 20 heavy (non-hydrogen) atoms. The zero-order chi connectivity index (χ0) is 14.8. The third-order valence-corrected chi connectivity index (χ3v) is 5.61. The van der Waals surface area contributed by atoms with Gasteiger partial charge in [-0.25, -0.2) is 0 Å². The fraction of sp³-hybridized carbons (Fsp3) is 0.750. The van der Waals surface area contributed by atoms with E-state index in [-0.39, 0.29) is 18.3 Å². The standard InChI is InChI=1S/C16H27BO2S/c1-6-7-8-9-10-13-11-12-14(20-13)17-18-15(2,3)16(4,5)19-17/h11-12H,6-10H2,1-5H3. The van der Waals surface area contributed by atoms with Gasteiger partial charge in [-0.15, -0.1) is 11.3 Å². The summed E-state index contributed by atoms with van der Waals surface area (Å²) in [7, 11) is -0.200. The molecule has 0 aromatic carbocycles. The molecule has 0 saturated carbocycles. The number of unbranched alkanes of at least 4 members (excludes halogenated alkanes) is 3. The molecule has 1 aromatic heterocycles. The van der Waals surface area contributed by atoms with Gasteiger partial charge < -0.3 is 9.31 Å². The van der Waals surface area contributed by atoms with E-state index in [1.54, 1.807) is 0 Å². The number of hydrogen-bond acceptors (Lipinski definition) is 3. The van der Waals surface area contributed by atoms with Crippen LogP contribution in [0.5, 0.6) is 0 Å². The quantitative estimate of drug-likeness (QED) is 0.579. The van der Waals surface area contributed by atoms with Gasteiger partial charge in [0.05, 0.1) is 11.2 Å². The highest BCUT2D eigenvalue weighted by Crippen LogP contribution is 2.37. The maximum Gasteiger partial charge on any atom is 0.505 e. The maximum absolute atomic E-state index is 6.09. The van der Waals surface area contributed by atoms with Crippen molar-refractivity contribution in [1.29, 1.82) is 0 Å². The molecule has 0 aliphatic carbocycles. The Bertz CT molecular complexity index is 423. The summed E-state index contributed by atoms with van der Waals surface area (Å²) >= 11 is 1.84. The van der Waals surface area contributed by atoms with E-state index in [0.29, 0.717) is 0 Å². The zero-order valence-corrected chi connectivity index (χ0v) is 14.3. The van der Waals surface area contributed by atoms with Crippen molar-refractivity contribution in [2.45, 2.75) is 77.9 Å². The van der Waals surface area contributed by atoms with Crippen LogP contribution in [0.25, 0.3) is 0 Å². The largest absolute Gasteiger partial charge is 0.505 e. The van der Waals surface area contributed by atoms with Crippen molar-refractivity contribution < 1.29 is 9.31 Å². The second-order valence-electron chi connectivity index (χ2n) is 6.70. The predicted molar refractivity (Wildman–Crippen MR) is 87.9 cm³/mol. The maximum atomic E-state index is 6.09. The minimum atomic E-state index is -0.247. The highest BCUT2D eigenvalue weighted by Gasteiger charge is 2.52.